The van der Waals surface area contributed by atoms with Crippen molar-refractivity contribution in [3.8, 4) is 10.8 Å². The number of nitrogens with one attached hydrogen (secondary N) is 1. The van der Waals surface area contributed by atoms with Crippen molar-refractivity contribution in [1.29, 1.82) is 0 Å². The predicted molar refractivity (Wildman–Crippen MR) is 108 cm³/mol. The second-order valence-electron chi connectivity index (χ2n) is 6.70. The number of hydrogen-bond acceptors (Lipinski definition) is 5. The Bertz CT molecular complexity index is 1080. The molecule has 3 aromatic heterocycles. The first kappa shape index (κ1) is 17.4. The highest BCUT2D eigenvalue weighted by molar-refractivity contribution is 7.13. The summed E-state index contributed by atoms with van der Waals surface area (Å²) in [6.07, 6.45) is 5.40. The topological polar surface area (TPSA) is 72.7 Å². The zero-order valence-corrected chi connectivity index (χ0v) is 15.9. The van der Waals surface area contributed by atoms with Gasteiger partial charge in [0.2, 0.25) is 0 Å². The largest absolute Gasteiger partial charge is 0.347 e. The molecule has 0 aliphatic rings. The van der Waals surface area contributed by atoms with Crippen molar-refractivity contribution in [2.24, 2.45) is 5.92 Å². The Balaban J connectivity index is 1.52. The van der Waals surface area contributed by atoms with Crippen LogP contribution in [0, 0.1) is 5.92 Å². The third-order valence-corrected chi connectivity index (χ3v) is 4.92. The molecule has 0 saturated heterocycles. The van der Waals surface area contributed by atoms with Crippen molar-refractivity contribution in [1.82, 2.24) is 19.5 Å². The van der Waals surface area contributed by atoms with E-state index in [9.17, 15) is 4.79 Å². The van der Waals surface area contributed by atoms with Crippen LogP contribution in [0.5, 0.6) is 0 Å². The summed E-state index contributed by atoms with van der Waals surface area (Å²) in [4.78, 5) is 25.2. The number of benzene rings is 1. The molecule has 0 bridgehead atoms. The zero-order valence-electron chi connectivity index (χ0n) is 15.1. The number of carbonyl (C=O) groups excluding carboxylic acids is 1. The van der Waals surface area contributed by atoms with Gasteiger partial charge in [-0.05, 0) is 36.2 Å². The molecule has 27 heavy (non-hydrogen) atoms. The van der Waals surface area contributed by atoms with Gasteiger partial charge in [0.1, 0.15) is 5.69 Å². The van der Waals surface area contributed by atoms with Crippen molar-refractivity contribution >= 4 is 33.8 Å². The Morgan fingerprint density at radius 3 is 2.81 bits per heavy atom. The molecule has 1 amide bonds. The molecule has 7 heteroatoms. The lowest BCUT2D eigenvalue weighted by Crippen LogP contribution is -2.12. The van der Waals surface area contributed by atoms with Crippen LogP contribution in [-0.2, 0) is 6.54 Å². The van der Waals surface area contributed by atoms with Crippen LogP contribution in [0.15, 0.2) is 54.3 Å². The molecular formula is C20H19N5OS. The van der Waals surface area contributed by atoms with Crippen molar-refractivity contribution in [3.63, 3.8) is 0 Å². The van der Waals surface area contributed by atoms with E-state index in [1.807, 2.05) is 18.2 Å². The van der Waals surface area contributed by atoms with Gasteiger partial charge in [-0.15, -0.1) is 11.3 Å². The zero-order chi connectivity index (χ0) is 18.8. The van der Waals surface area contributed by atoms with Crippen LogP contribution in [0.4, 0.5) is 5.69 Å². The molecule has 0 radical (unpaired) electrons. The van der Waals surface area contributed by atoms with E-state index in [-0.39, 0.29) is 5.91 Å². The first-order valence-corrected chi connectivity index (χ1v) is 9.61. The number of rotatable bonds is 5. The van der Waals surface area contributed by atoms with Crippen LogP contribution in [0.3, 0.4) is 0 Å². The number of amides is 1. The van der Waals surface area contributed by atoms with Gasteiger partial charge in [-0.3, -0.25) is 4.79 Å². The first-order chi connectivity index (χ1) is 13.1. The number of aromatic nitrogens is 4. The van der Waals surface area contributed by atoms with Gasteiger partial charge >= 0.3 is 0 Å². The normalized spacial score (nSPS) is 11.2. The summed E-state index contributed by atoms with van der Waals surface area (Å²) < 4.78 is 2.23. The molecule has 0 atom stereocenters. The Kier molecular flexibility index (Phi) is 4.68. The highest BCUT2D eigenvalue weighted by atomic mass is 32.1. The smallest absolute Gasteiger partial charge is 0.275 e. The van der Waals surface area contributed by atoms with E-state index < -0.39 is 0 Å². The molecule has 0 fully saturated rings. The van der Waals surface area contributed by atoms with Crippen LogP contribution in [0.25, 0.3) is 21.7 Å². The van der Waals surface area contributed by atoms with Gasteiger partial charge in [0.05, 0.1) is 0 Å². The van der Waals surface area contributed by atoms with Gasteiger partial charge in [-0.1, -0.05) is 13.8 Å². The van der Waals surface area contributed by atoms with Gasteiger partial charge in [0.25, 0.3) is 5.91 Å². The molecule has 0 aliphatic heterocycles. The fourth-order valence-electron chi connectivity index (χ4n) is 2.92. The first-order valence-electron chi connectivity index (χ1n) is 8.73. The maximum absolute atomic E-state index is 12.5. The fraction of sp³-hybridized carbons (Fsp3) is 0.200. The van der Waals surface area contributed by atoms with Crippen molar-refractivity contribution in [2.45, 2.75) is 20.4 Å². The molecule has 6 nitrogen and oxygen atoms in total. The molecule has 0 spiro atoms. The minimum Gasteiger partial charge on any atom is -0.347 e. The van der Waals surface area contributed by atoms with Crippen molar-refractivity contribution in [3.05, 3.63) is 60.0 Å². The number of anilines is 1. The SMILES string of the molecule is CC(C)Cn1ccc2cc(NC(=O)c3csc(-c4ncccn4)n3)ccc21. The predicted octanol–water partition coefficient (Wildman–Crippen LogP) is 4.46. The molecule has 0 saturated carbocycles. The summed E-state index contributed by atoms with van der Waals surface area (Å²) in [5, 5.41) is 6.37. The average molecular weight is 377 g/mol. The monoisotopic (exact) mass is 377 g/mol. The summed E-state index contributed by atoms with van der Waals surface area (Å²) in [5.74, 6) is 0.858. The van der Waals surface area contributed by atoms with Crippen LogP contribution in [0.2, 0.25) is 0 Å². The average Bonchev–Trinajstić information content (AvgIpc) is 3.30. The van der Waals surface area contributed by atoms with Gasteiger partial charge in [-0.25, -0.2) is 15.0 Å². The summed E-state index contributed by atoms with van der Waals surface area (Å²) in [5.41, 5.74) is 2.28. The summed E-state index contributed by atoms with van der Waals surface area (Å²) in [6, 6.07) is 9.76. The lowest BCUT2D eigenvalue weighted by Gasteiger charge is -2.09. The summed E-state index contributed by atoms with van der Waals surface area (Å²) in [7, 11) is 0. The molecular weight excluding hydrogens is 358 g/mol. The minimum atomic E-state index is -0.241. The second-order valence-corrected chi connectivity index (χ2v) is 7.56. The van der Waals surface area contributed by atoms with Gasteiger partial charge < -0.3 is 9.88 Å². The van der Waals surface area contributed by atoms with Crippen LogP contribution in [-0.4, -0.2) is 25.4 Å². The highest BCUT2D eigenvalue weighted by Crippen LogP contribution is 2.23. The Hall–Kier alpha value is -3.06. The van der Waals surface area contributed by atoms with Gasteiger partial charge in [0.15, 0.2) is 10.8 Å². The number of nitrogens with zero attached hydrogens (tertiary/aromatic N) is 4. The molecule has 4 aromatic rings. The molecule has 1 N–H and O–H groups in total. The number of carbonyl (C=O) groups is 1. The number of thiazole rings is 1. The van der Waals surface area contributed by atoms with Crippen LogP contribution in [0.1, 0.15) is 24.3 Å². The van der Waals surface area contributed by atoms with E-state index in [0.29, 0.717) is 22.4 Å². The molecule has 3 heterocycles. The number of fused-ring (bicyclic) bond motifs is 1. The quantitative estimate of drug-likeness (QED) is 0.557. The third kappa shape index (κ3) is 3.73. The molecule has 1 aromatic carbocycles. The standard InChI is InChI=1S/C20H19N5OS/c1-13(2)11-25-9-6-14-10-15(4-5-17(14)25)23-19(26)16-12-27-20(24-16)18-21-7-3-8-22-18/h3-10,12-13H,11H2,1-2H3,(H,23,26). The molecule has 136 valence electrons. The Morgan fingerprint density at radius 2 is 2.04 bits per heavy atom. The third-order valence-electron chi connectivity index (χ3n) is 4.08. The van der Waals surface area contributed by atoms with E-state index >= 15 is 0 Å². The summed E-state index contributed by atoms with van der Waals surface area (Å²) in [6.45, 7) is 5.37. The molecule has 0 unspecified atom stereocenters. The number of hydrogen-bond donors (Lipinski definition) is 1. The van der Waals surface area contributed by atoms with Crippen LogP contribution < -0.4 is 5.32 Å². The summed E-state index contributed by atoms with van der Waals surface area (Å²) >= 11 is 1.35. The Morgan fingerprint density at radius 1 is 1.22 bits per heavy atom. The van der Waals surface area contributed by atoms with E-state index in [4.69, 9.17) is 0 Å². The second kappa shape index (κ2) is 7.28. The Labute approximate surface area is 160 Å². The lowest BCUT2D eigenvalue weighted by molar-refractivity contribution is 0.102. The van der Waals surface area contributed by atoms with E-state index in [2.05, 4.69) is 50.9 Å². The van der Waals surface area contributed by atoms with Gasteiger partial charge in [-0.2, -0.15) is 0 Å². The van der Waals surface area contributed by atoms with Crippen LogP contribution >= 0.6 is 11.3 Å². The molecule has 0 aliphatic carbocycles. The fourth-order valence-corrected chi connectivity index (χ4v) is 3.66. The molecule has 4 rings (SSSR count). The van der Waals surface area contributed by atoms with E-state index in [1.165, 1.54) is 16.9 Å². The maximum Gasteiger partial charge on any atom is 0.275 e. The highest BCUT2D eigenvalue weighted by Gasteiger charge is 2.14. The van der Waals surface area contributed by atoms with E-state index in [1.54, 1.807) is 23.8 Å². The van der Waals surface area contributed by atoms with E-state index in [0.717, 1.165) is 17.6 Å². The van der Waals surface area contributed by atoms with Gasteiger partial charge in [0, 0.05) is 47.1 Å². The van der Waals surface area contributed by atoms with Crippen molar-refractivity contribution < 1.29 is 4.79 Å². The lowest BCUT2D eigenvalue weighted by atomic mass is 10.2. The van der Waals surface area contributed by atoms with Crippen molar-refractivity contribution in [2.75, 3.05) is 5.32 Å². The maximum atomic E-state index is 12.5. The minimum absolute atomic E-state index is 0.241.